The first-order valence-corrected chi connectivity index (χ1v) is 11.4. The van der Waals surface area contributed by atoms with Gasteiger partial charge in [0, 0.05) is 23.9 Å². The molecule has 164 valence electrons. The molecule has 0 atom stereocenters. The summed E-state index contributed by atoms with van der Waals surface area (Å²) < 4.78 is 10.8. The van der Waals surface area contributed by atoms with Crippen LogP contribution in [0.25, 0.3) is 0 Å². The van der Waals surface area contributed by atoms with Crippen LogP contribution in [0.4, 0.5) is 0 Å². The van der Waals surface area contributed by atoms with Crippen LogP contribution in [0.3, 0.4) is 0 Å². The average Bonchev–Trinajstić information content (AvgIpc) is 2.79. The van der Waals surface area contributed by atoms with Crippen molar-refractivity contribution in [2.24, 2.45) is 5.10 Å². The highest BCUT2D eigenvalue weighted by Gasteiger charge is 2.17. The molecule has 2 aromatic carbocycles. The van der Waals surface area contributed by atoms with Crippen LogP contribution in [0.5, 0.6) is 5.75 Å². The third-order valence-corrected chi connectivity index (χ3v) is 5.64. The lowest BCUT2D eigenvalue weighted by molar-refractivity contribution is -0.137. The monoisotopic (exact) mass is 461 g/mol. The number of amides is 2. The Morgan fingerprint density at radius 2 is 1.97 bits per heavy atom. The number of hydrogen-bond acceptors (Lipinski definition) is 6. The predicted molar refractivity (Wildman–Crippen MR) is 123 cm³/mol. The lowest BCUT2D eigenvalue weighted by Crippen LogP contribution is -2.42. The number of carbonyl (C=O) groups is 2. The number of halogens is 1. The fourth-order valence-corrected chi connectivity index (χ4v) is 3.78. The van der Waals surface area contributed by atoms with Crippen molar-refractivity contribution >= 4 is 41.4 Å². The predicted octanol–water partition coefficient (Wildman–Crippen LogP) is 2.96. The van der Waals surface area contributed by atoms with E-state index in [1.807, 2.05) is 24.3 Å². The van der Waals surface area contributed by atoms with Crippen LogP contribution < -0.4 is 10.2 Å². The molecule has 1 saturated heterocycles. The highest BCUT2D eigenvalue weighted by atomic mass is 35.5. The zero-order valence-electron chi connectivity index (χ0n) is 17.0. The highest BCUT2D eigenvalue weighted by molar-refractivity contribution is 7.99. The summed E-state index contributed by atoms with van der Waals surface area (Å²) >= 11 is 7.44. The van der Waals surface area contributed by atoms with Crippen LogP contribution >= 0.6 is 23.4 Å². The molecule has 0 unspecified atom stereocenters. The Morgan fingerprint density at radius 3 is 2.71 bits per heavy atom. The van der Waals surface area contributed by atoms with Gasteiger partial charge in [0.05, 0.1) is 25.2 Å². The van der Waals surface area contributed by atoms with Gasteiger partial charge in [-0.1, -0.05) is 23.7 Å². The van der Waals surface area contributed by atoms with Crippen LogP contribution in [-0.4, -0.2) is 61.6 Å². The first-order valence-electron chi connectivity index (χ1n) is 9.82. The molecule has 0 aliphatic carbocycles. The van der Waals surface area contributed by atoms with Gasteiger partial charge in [-0.05, 0) is 47.5 Å². The number of benzene rings is 2. The van der Waals surface area contributed by atoms with Gasteiger partial charge in [0.25, 0.3) is 5.91 Å². The van der Waals surface area contributed by atoms with E-state index in [1.165, 1.54) is 11.8 Å². The Bertz CT molecular complexity index is 902. The van der Waals surface area contributed by atoms with Crippen molar-refractivity contribution < 1.29 is 19.1 Å². The van der Waals surface area contributed by atoms with E-state index in [0.29, 0.717) is 48.6 Å². The number of carbonyl (C=O) groups excluding carboxylic acids is 2. The first-order chi connectivity index (χ1) is 15.1. The van der Waals surface area contributed by atoms with E-state index in [9.17, 15) is 9.59 Å². The lowest BCUT2D eigenvalue weighted by atomic mass is 10.2. The second-order valence-corrected chi connectivity index (χ2v) is 8.19. The molecule has 31 heavy (non-hydrogen) atoms. The average molecular weight is 462 g/mol. The Kier molecular flexibility index (Phi) is 9.20. The topological polar surface area (TPSA) is 80.2 Å². The number of hydrogen-bond donors (Lipinski definition) is 1. The van der Waals surface area contributed by atoms with Gasteiger partial charge in [-0.3, -0.25) is 9.59 Å². The maximum atomic E-state index is 12.1. The van der Waals surface area contributed by atoms with Gasteiger partial charge in [0.1, 0.15) is 5.75 Å². The number of nitrogens with one attached hydrogen (secondary N) is 1. The molecule has 0 aromatic heterocycles. The van der Waals surface area contributed by atoms with E-state index in [-0.39, 0.29) is 18.4 Å². The maximum Gasteiger partial charge on any atom is 0.260 e. The van der Waals surface area contributed by atoms with E-state index in [2.05, 4.69) is 10.5 Å². The van der Waals surface area contributed by atoms with E-state index < -0.39 is 0 Å². The smallest absolute Gasteiger partial charge is 0.260 e. The Morgan fingerprint density at radius 1 is 1.19 bits per heavy atom. The van der Waals surface area contributed by atoms with E-state index in [0.717, 1.165) is 11.1 Å². The number of ether oxygens (including phenoxy) is 2. The van der Waals surface area contributed by atoms with Gasteiger partial charge < -0.3 is 14.4 Å². The summed E-state index contributed by atoms with van der Waals surface area (Å²) in [6, 6.07) is 14.7. The van der Waals surface area contributed by atoms with Gasteiger partial charge in [-0.25, -0.2) is 5.43 Å². The van der Waals surface area contributed by atoms with Crippen molar-refractivity contribution in [3.8, 4) is 5.75 Å². The number of nitrogens with zero attached hydrogens (tertiary/aromatic N) is 2. The van der Waals surface area contributed by atoms with Crippen LogP contribution in [0.2, 0.25) is 5.02 Å². The summed E-state index contributed by atoms with van der Waals surface area (Å²) in [4.78, 5) is 25.7. The fourth-order valence-electron chi connectivity index (χ4n) is 2.80. The van der Waals surface area contributed by atoms with Gasteiger partial charge >= 0.3 is 0 Å². The summed E-state index contributed by atoms with van der Waals surface area (Å²) in [5.41, 5.74) is 4.39. The molecule has 3 rings (SSSR count). The number of morpholine rings is 1. The fraction of sp³-hybridized carbons (Fsp3) is 0.318. The van der Waals surface area contributed by atoms with E-state index >= 15 is 0 Å². The standard InChI is InChI=1S/C22H24ClN3O4S/c23-19-3-1-2-18(12-19)15-31-16-21(27)25-24-13-17-4-6-20(7-5-17)30-14-22(28)26-8-10-29-11-9-26/h1-7,12-13H,8-11,14-16H2,(H,25,27)/b24-13-. The molecule has 9 heteroatoms. The van der Waals surface area contributed by atoms with Crippen molar-refractivity contribution in [2.75, 3.05) is 38.7 Å². The zero-order chi connectivity index (χ0) is 21.9. The van der Waals surface area contributed by atoms with E-state index in [1.54, 1.807) is 35.4 Å². The third kappa shape index (κ3) is 8.24. The normalized spacial score (nSPS) is 13.9. The minimum absolute atomic E-state index is 0.00362. The van der Waals surface area contributed by atoms with Crippen LogP contribution in [0, 0.1) is 0 Å². The largest absolute Gasteiger partial charge is 0.484 e. The minimum atomic E-state index is -0.176. The summed E-state index contributed by atoms with van der Waals surface area (Å²) in [5.74, 6) is 1.37. The Labute approximate surface area is 190 Å². The van der Waals surface area contributed by atoms with Gasteiger partial charge in [-0.2, -0.15) is 5.10 Å². The molecule has 1 N–H and O–H groups in total. The Balaban J connectivity index is 1.34. The van der Waals surface area contributed by atoms with Gasteiger partial charge in [0.15, 0.2) is 6.61 Å². The summed E-state index contributed by atoms with van der Waals surface area (Å²) in [6.07, 6.45) is 1.56. The maximum absolute atomic E-state index is 12.1. The molecule has 1 heterocycles. The zero-order valence-corrected chi connectivity index (χ0v) is 18.5. The molecular weight excluding hydrogens is 438 g/mol. The second kappa shape index (κ2) is 12.3. The van der Waals surface area contributed by atoms with Gasteiger partial charge in [0.2, 0.25) is 5.91 Å². The lowest BCUT2D eigenvalue weighted by Gasteiger charge is -2.26. The second-order valence-electron chi connectivity index (χ2n) is 6.77. The minimum Gasteiger partial charge on any atom is -0.484 e. The molecule has 1 fully saturated rings. The molecule has 1 aliphatic heterocycles. The number of hydrazone groups is 1. The molecule has 2 aromatic rings. The molecule has 2 amide bonds. The molecule has 0 bridgehead atoms. The van der Waals surface area contributed by atoms with Crippen LogP contribution in [0.1, 0.15) is 11.1 Å². The van der Waals surface area contributed by atoms with E-state index in [4.69, 9.17) is 21.1 Å². The summed E-state index contributed by atoms with van der Waals surface area (Å²) in [6.45, 7) is 2.33. The number of rotatable bonds is 9. The molecular formula is C22H24ClN3O4S. The molecule has 1 aliphatic rings. The van der Waals surface area contributed by atoms with Crippen molar-refractivity contribution in [1.29, 1.82) is 0 Å². The van der Waals surface area contributed by atoms with Crippen molar-refractivity contribution in [2.45, 2.75) is 5.75 Å². The van der Waals surface area contributed by atoms with Crippen molar-refractivity contribution in [3.63, 3.8) is 0 Å². The molecule has 0 radical (unpaired) electrons. The molecule has 7 nitrogen and oxygen atoms in total. The quantitative estimate of drug-likeness (QED) is 0.458. The SMILES string of the molecule is O=C(CSCc1cccc(Cl)c1)N/N=C\c1ccc(OCC(=O)N2CCOCC2)cc1. The molecule has 0 saturated carbocycles. The highest BCUT2D eigenvalue weighted by Crippen LogP contribution is 2.16. The van der Waals surface area contributed by atoms with Gasteiger partial charge in [-0.15, -0.1) is 11.8 Å². The van der Waals surface area contributed by atoms with Crippen LogP contribution in [0.15, 0.2) is 53.6 Å². The summed E-state index contributed by atoms with van der Waals surface area (Å²) in [7, 11) is 0. The summed E-state index contributed by atoms with van der Waals surface area (Å²) in [5, 5.41) is 4.66. The van der Waals surface area contributed by atoms with Crippen LogP contribution in [-0.2, 0) is 20.1 Å². The molecule has 0 spiro atoms. The third-order valence-electron chi connectivity index (χ3n) is 4.40. The van der Waals surface area contributed by atoms with Crippen molar-refractivity contribution in [1.82, 2.24) is 10.3 Å². The van der Waals surface area contributed by atoms with Crippen molar-refractivity contribution in [3.05, 3.63) is 64.7 Å². The Hall–Kier alpha value is -2.55. The number of thioether (sulfide) groups is 1. The first kappa shape index (κ1) is 23.1.